The number of hydrogen-bond acceptors (Lipinski definition) is 9. The summed E-state index contributed by atoms with van der Waals surface area (Å²) in [6.07, 6.45) is 9.23. The minimum absolute atomic E-state index is 0.00853. The van der Waals surface area contributed by atoms with Crippen molar-refractivity contribution in [1.82, 2.24) is 9.80 Å². The van der Waals surface area contributed by atoms with Crippen LogP contribution in [-0.4, -0.2) is 112 Å². The molecule has 3 fully saturated rings. The van der Waals surface area contributed by atoms with Gasteiger partial charge in [-0.05, 0) is 64.1 Å². The van der Waals surface area contributed by atoms with Crippen LogP contribution < -0.4 is 0 Å². The summed E-state index contributed by atoms with van der Waals surface area (Å²) >= 11 is 0. The van der Waals surface area contributed by atoms with E-state index in [2.05, 4.69) is 11.9 Å². The number of allylic oxidation sites excluding steroid dienone is 2. The molecule has 0 aromatic rings. The fourth-order valence-electron chi connectivity index (χ4n) is 7.07. The van der Waals surface area contributed by atoms with Crippen LogP contribution in [0.5, 0.6) is 0 Å². The molecule has 254 valence electrons. The molecule has 10 unspecified atom stereocenters. The number of rotatable bonds is 9. The third-order valence-electron chi connectivity index (χ3n) is 10.3. The van der Waals surface area contributed by atoms with Crippen molar-refractivity contribution in [3.8, 4) is 0 Å². The van der Waals surface area contributed by atoms with Crippen molar-refractivity contribution in [3.05, 3.63) is 36.0 Å². The highest BCUT2D eigenvalue weighted by Gasteiger charge is 2.47. The van der Waals surface area contributed by atoms with Crippen LogP contribution in [0, 0.1) is 17.8 Å². The van der Waals surface area contributed by atoms with Crippen molar-refractivity contribution in [2.24, 2.45) is 17.8 Å². The Morgan fingerprint density at radius 2 is 1.96 bits per heavy atom. The average Bonchev–Trinajstić information content (AvgIpc) is 3.44. The number of cyclic esters (lactones) is 1. The first-order valence-electron chi connectivity index (χ1n) is 16.8. The van der Waals surface area contributed by atoms with E-state index in [0.717, 1.165) is 18.5 Å². The standard InChI is InChI=1S/C35H56N2O8/c1-8-28(39)24(5)33-30(43-33)18-35(6,42)15-9-10-22(3)32-23(4)12-14-29(21(2)11-13-27(38)17-31(40)45-32)44-34(41)37-20-25-16-26(37)19-36(25)7/h9-10,12,14-15,21,23-30,32-33,38-39,42H,8,11,13,16-20H2,1-7H3/b14-12+,15-9+,22-10+/t21?,23?,24?,25-,26-,27?,28?,29?,30?,32?,33?,35?/m0/s1. The van der Waals surface area contributed by atoms with Crippen LogP contribution in [0.2, 0.25) is 0 Å². The fraction of sp³-hybridized carbons (Fsp3) is 0.771. The zero-order valence-corrected chi connectivity index (χ0v) is 28.2. The molecule has 10 heteroatoms. The maximum Gasteiger partial charge on any atom is 0.410 e. The normalized spacial score (nSPS) is 38.2. The summed E-state index contributed by atoms with van der Waals surface area (Å²) in [6, 6.07) is 0.562. The van der Waals surface area contributed by atoms with E-state index in [-0.39, 0.29) is 48.5 Å². The molecule has 0 aromatic carbocycles. The van der Waals surface area contributed by atoms with Crippen LogP contribution >= 0.6 is 0 Å². The molecular formula is C35H56N2O8. The van der Waals surface area contributed by atoms with Gasteiger partial charge in [-0.1, -0.05) is 52.0 Å². The second kappa shape index (κ2) is 15.1. The molecule has 45 heavy (non-hydrogen) atoms. The van der Waals surface area contributed by atoms with Gasteiger partial charge in [0.15, 0.2) is 0 Å². The Morgan fingerprint density at radius 1 is 1.22 bits per heavy atom. The number of aliphatic hydroxyl groups excluding tert-OH is 2. The summed E-state index contributed by atoms with van der Waals surface area (Å²) in [4.78, 5) is 30.2. The van der Waals surface area contributed by atoms with Gasteiger partial charge in [-0.2, -0.15) is 0 Å². The lowest BCUT2D eigenvalue weighted by molar-refractivity contribution is -0.151. The largest absolute Gasteiger partial charge is 0.457 e. The van der Waals surface area contributed by atoms with Gasteiger partial charge in [0.1, 0.15) is 12.2 Å². The quantitative estimate of drug-likeness (QED) is 0.149. The fourth-order valence-corrected chi connectivity index (χ4v) is 7.07. The van der Waals surface area contributed by atoms with Crippen molar-refractivity contribution in [2.45, 2.75) is 134 Å². The van der Waals surface area contributed by atoms with Gasteiger partial charge in [0.2, 0.25) is 0 Å². The van der Waals surface area contributed by atoms with Gasteiger partial charge in [-0.25, -0.2) is 4.79 Å². The molecule has 3 saturated heterocycles. The summed E-state index contributed by atoms with van der Waals surface area (Å²) in [6.45, 7) is 13.0. The molecule has 4 aliphatic rings. The minimum atomic E-state index is -1.12. The van der Waals surface area contributed by atoms with E-state index < -0.39 is 36.0 Å². The summed E-state index contributed by atoms with van der Waals surface area (Å²) in [7, 11) is 2.09. The van der Waals surface area contributed by atoms with Gasteiger partial charge in [0.05, 0.1) is 36.4 Å². The number of amides is 1. The molecule has 0 aliphatic carbocycles. The van der Waals surface area contributed by atoms with Crippen molar-refractivity contribution in [2.75, 3.05) is 20.1 Å². The highest BCUT2D eigenvalue weighted by atomic mass is 16.6. The second-order valence-corrected chi connectivity index (χ2v) is 14.4. The molecule has 2 bridgehead atoms. The summed E-state index contributed by atoms with van der Waals surface area (Å²) in [5.41, 5.74) is -0.346. The molecule has 4 rings (SSSR count). The van der Waals surface area contributed by atoms with Gasteiger partial charge >= 0.3 is 12.1 Å². The third kappa shape index (κ3) is 9.41. The van der Waals surface area contributed by atoms with Crippen molar-refractivity contribution >= 4 is 12.1 Å². The van der Waals surface area contributed by atoms with Crippen molar-refractivity contribution in [3.63, 3.8) is 0 Å². The van der Waals surface area contributed by atoms with Gasteiger partial charge in [-0.3, -0.25) is 9.69 Å². The monoisotopic (exact) mass is 632 g/mol. The van der Waals surface area contributed by atoms with Crippen LogP contribution in [0.15, 0.2) is 36.0 Å². The van der Waals surface area contributed by atoms with Crippen LogP contribution in [0.3, 0.4) is 0 Å². The van der Waals surface area contributed by atoms with E-state index >= 15 is 0 Å². The Labute approximate surface area is 269 Å². The Hall–Kier alpha value is -2.24. The van der Waals surface area contributed by atoms with E-state index in [1.54, 1.807) is 19.1 Å². The highest BCUT2D eigenvalue weighted by molar-refractivity contribution is 5.70. The molecule has 0 radical (unpaired) electrons. The Bertz CT molecular complexity index is 1120. The topological polar surface area (TPSA) is 132 Å². The smallest absolute Gasteiger partial charge is 0.410 e. The second-order valence-electron chi connectivity index (χ2n) is 14.4. The Morgan fingerprint density at radius 3 is 2.60 bits per heavy atom. The van der Waals surface area contributed by atoms with Crippen molar-refractivity contribution < 1.29 is 39.1 Å². The van der Waals surface area contributed by atoms with E-state index in [0.29, 0.717) is 38.3 Å². The Kier molecular flexibility index (Phi) is 12.0. The number of esters is 1. The first-order valence-corrected chi connectivity index (χ1v) is 16.8. The first-order chi connectivity index (χ1) is 21.2. The van der Waals surface area contributed by atoms with Crippen LogP contribution in [0.25, 0.3) is 0 Å². The number of epoxide rings is 1. The molecule has 0 saturated carbocycles. The molecular weight excluding hydrogens is 576 g/mol. The lowest BCUT2D eigenvalue weighted by Crippen LogP contribution is -2.48. The SMILES string of the molecule is CCC(O)C(C)C1OC1CC(C)(O)/C=C/C=C(\C)C1OC(=O)CC(O)CCC(C)C(OC(=O)N2C[C@@H]3C[C@H]2CN3C)/C=C/C1C. The zero-order valence-electron chi connectivity index (χ0n) is 28.2. The molecule has 4 aliphatic heterocycles. The zero-order chi connectivity index (χ0) is 33.1. The van der Waals surface area contributed by atoms with Crippen molar-refractivity contribution in [1.29, 1.82) is 0 Å². The molecule has 1 amide bonds. The van der Waals surface area contributed by atoms with E-state index in [1.807, 2.05) is 57.7 Å². The number of aliphatic hydroxyl groups is 3. The van der Waals surface area contributed by atoms with Crippen LogP contribution in [0.4, 0.5) is 4.79 Å². The van der Waals surface area contributed by atoms with E-state index in [4.69, 9.17) is 14.2 Å². The van der Waals surface area contributed by atoms with E-state index in [9.17, 15) is 24.9 Å². The lowest BCUT2D eigenvalue weighted by atomic mass is 9.91. The number of carbonyl (C=O) groups is 2. The van der Waals surface area contributed by atoms with Gasteiger partial charge in [0, 0.05) is 43.4 Å². The lowest BCUT2D eigenvalue weighted by Gasteiger charge is -2.33. The molecule has 0 aromatic heterocycles. The number of fused-ring (bicyclic) bond motifs is 2. The summed E-state index contributed by atoms with van der Waals surface area (Å²) in [5.74, 6) is -0.752. The number of piperazine rings is 1. The molecule has 3 N–H and O–H groups in total. The molecule has 4 heterocycles. The van der Waals surface area contributed by atoms with E-state index in [1.165, 1.54) is 0 Å². The number of likely N-dealkylation sites (tertiary alicyclic amines) is 2. The summed E-state index contributed by atoms with van der Waals surface area (Å²) in [5, 5.41) is 31.7. The number of ether oxygens (including phenoxy) is 3. The van der Waals surface area contributed by atoms with Gasteiger partial charge in [-0.15, -0.1) is 0 Å². The average molecular weight is 633 g/mol. The first kappa shape index (κ1) is 35.6. The maximum absolute atomic E-state index is 13.2. The molecule has 0 spiro atoms. The maximum atomic E-state index is 13.2. The third-order valence-corrected chi connectivity index (χ3v) is 10.3. The number of carbonyl (C=O) groups excluding carboxylic acids is 2. The highest BCUT2D eigenvalue weighted by Crippen LogP contribution is 2.38. The number of hydrogen-bond donors (Lipinski definition) is 3. The number of likely N-dealkylation sites (N-methyl/N-ethyl adjacent to an activating group) is 1. The molecule has 10 nitrogen and oxygen atoms in total. The minimum Gasteiger partial charge on any atom is -0.457 e. The Balaban J connectivity index is 1.43. The predicted octanol–water partition coefficient (Wildman–Crippen LogP) is 3.98. The molecule has 12 atom stereocenters. The van der Waals surface area contributed by atoms with Gasteiger partial charge < -0.3 is 34.4 Å². The van der Waals surface area contributed by atoms with Crippen LogP contribution in [-0.2, 0) is 19.0 Å². The van der Waals surface area contributed by atoms with Crippen LogP contribution in [0.1, 0.15) is 80.1 Å². The summed E-state index contributed by atoms with van der Waals surface area (Å²) < 4.78 is 17.7. The van der Waals surface area contributed by atoms with Gasteiger partial charge in [0.25, 0.3) is 0 Å². The predicted molar refractivity (Wildman–Crippen MR) is 171 cm³/mol. The number of nitrogens with zero attached hydrogens (tertiary/aromatic N) is 2.